The summed E-state index contributed by atoms with van der Waals surface area (Å²) in [6.45, 7) is 14.3. The molecule has 0 fully saturated rings. The van der Waals surface area contributed by atoms with Gasteiger partial charge in [0.2, 0.25) is 5.69 Å². The molecule has 2 aromatic rings. The fourth-order valence-corrected chi connectivity index (χ4v) is 12.1. The SMILES string of the molecule is CCOP(=O)(CC[C@@]1(C)C(C=CC=CC=CC=C2N(CCO)c3ccc(C)cc3[C@]2(C)CCP(=O)(OCC)OCC)=[N+](CCO)c2ccc(S(=O)(=O)[O-])cc21)OCC. The second kappa shape index (κ2) is 20.5. The van der Waals surface area contributed by atoms with Crippen LogP contribution >= 0.6 is 15.2 Å². The van der Waals surface area contributed by atoms with Gasteiger partial charge in [0.1, 0.15) is 16.7 Å². The normalized spacial score (nSPS) is 20.8. The first-order valence-corrected chi connectivity index (χ1v) is 24.7. The summed E-state index contributed by atoms with van der Waals surface area (Å²) in [6, 6.07) is 10.4. The monoisotopic (exact) mass is 862 g/mol. The molecule has 2 aliphatic rings. The maximum atomic E-state index is 13.6. The number of aliphatic hydroxyl groups is 2. The van der Waals surface area contributed by atoms with Crippen molar-refractivity contribution in [1.82, 2.24) is 0 Å². The zero-order valence-electron chi connectivity index (χ0n) is 34.8. The van der Waals surface area contributed by atoms with Crippen LogP contribution in [-0.2, 0) is 48.2 Å². The molecule has 0 saturated carbocycles. The van der Waals surface area contributed by atoms with Gasteiger partial charge in [-0.05, 0) is 91.1 Å². The van der Waals surface area contributed by atoms with E-state index in [2.05, 4.69) is 24.0 Å². The van der Waals surface area contributed by atoms with E-state index in [0.717, 1.165) is 22.5 Å². The molecule has 13 nitrogen and oxygen atoms in total. The molecular weight excluding hydrogens is 802 g/mol. The van der Waals surface area contributed by atoms with E-state index in [1.807, 2.05) is 67.0 Å². The third kappa shape index (κ3) is 10.8. The van der Waals surface area contributed by atoms with Crippen molar-refractivity contribution < 1.29 is 55.0 Å². The molecule has 0 aromatic heterocycles. The second-order valence-electron chi connectivity index (χ2n) is 14.5. The van der Waals surface area contributed by atoms with Crippen LogP contribution in [0, 0.1) is 6.92 Å². The number of aliphatic hydroxyl groups excluding tert-OH is 2. The largest absolute Gasteiger partial charge is 0.744 e. The molecule has 16 heteroatoms. The topological polar surface area (TPSA) is 175 Å². The summed E-state index contributed by atoms with van der Waals surface area (Å²) in [5, 5.41) is 20.2. The van der Waals surface area contributed by atoms with Gasteiger partial charge in [0.25, 0.3) is 0 Å². The van der Waals surface area contributed by atoms with Crippen molar-refractivity contribution in [3.05, 3.63) is 101 Å². The first-order valence-electron chi connectivity index (χ1n) is 19.8. The quantitative estimate of drug-likeness (QED) is 0.0479. The van der Waals surface area contributed by atoms with Crippen LogP contribution in [0.1, 0.15) is 71.1 Å². The van der Waals surface area contributed by atoms with Crippen molar-refractivity contribution >= 4 is 42.4 Å². The number of fused-ring (bicyclic) bond motifs is 2. The van der Waals surface area contributed by atoms with Gasteiger partial charge in [-0.15, -0.1) is 0 Å². The lowest BCUT2D eigenvalue weighted by Gasteiger charge is -2.31. The standard InChI is InChI=1S/C42H60N2O11P2S/c1-8-52-56(47,53-9-2)29-23-41(6)35-31-33(5)19-21-37(35)43(25-27-45)39(41)17-15-13-12-14-16-18-40-42(7,24-30-57(48,54-10-3)55-11-4)36-32-34(58(49,50)51)20-22-38(36)44(40)26-28-46/h12-22,31-32,45-46H,8-11,23-30H2,1-7H3/t41-,42+/m0/s1. The van der Waals surface area contributed by atoms with Gasteiger partial charge >= 0.3 is 15.2 Å². The fourth-order valence-electron chi connectivity index (χ4n) is 7.89. The minimum absolute atomic E-state index is 0.0288. The molecule has 58 heavy (non-hydrogen) atoms. The van der Waals surface area contributed by atoms with E-state index in [9.17, 15) is 32.3 Å². The molecule has 320 valence electrons. The Kier molecular flexibility index (Phi) is 16.9. The van der Waals surface area contributed by atoms with Crippen LogP contribution in [-0.4, -0.2) is 98.5 Å². The number of β-amino-alcohol motifs (C(OH)–C–C–N with tert-alkyl or cyclic N) is 2. The van der Waals surface area contributed by atoms with Gasteiger partial charge in [-0.25, -0.2) is 8.42 Å². The van der Waals surface area contributed by atoms with Crippen molar-refractivity contribution in [2.24, 2.45) is 0 Å². The lowest BCUT2D eigenvalue weighted by atomic mass is 9.77. The number of anilines is 1. The summed E-state index contributed by atoms with van der Waals surface area (Å²) in [4.78, 5) is 1.72. The fraction of sp³-hybridized carbons (Fsp3) is 0.500. The number of hydrogen-bond acceptors (Lipinski definition) is 12. The van der Waals surface area contributed by atoms with Gasteiger partial charge in [-0.1, -0.05) is 48.1 Å². The summed E-state index contributed by atoms with van der Waals surface area (Å²) < 4.78 is 87.8. The Morgan fingerprint density at radius 3 is 1.90 bits per heavy atom. The molecule has 0 spiro atoms. The number of aryl methyl sites for hydroxylation is 1. The van der Waals surface area contributed by atoms with Crippen LogP contribution in [0.4, 0.5) is 11.4 Å². The average Bonchev–Trinajstić information content (AvgIpc) is 3.53. The Hall–Kier alpha value is -3.00. The van der Waals surface area contributed by atoms with Crippen molar-refractivity contribution in [2.75, 3.05) is 70.0 Å². The Morgan fingerprint density at radius 1 is 0.776 bits per heavy atom. The third-order valence-electron chi connectivity index (χ3n) is 10.6. The number of hydrogen-bond donors (Lipinski definition) is 2. The van der Waals surface area contributed by atoms with Gasteiger partial charge in [0, 0.05) is 41.1 Å². The summed E-state index contributed by atoms with van der Waals surface area (Å²) in [5.74, 6) is 0. The zero-order chi connectivity index (χ0) is 42.8. The van der Waals surface area contributed by atoms with Gasteiger partial charge in [-0.2, -0.15) is 4.58 Å². The highest BCUT2D eigenvalue weighted by atomic mass is 32.2. The highest BCUT2D eigenvalue weighted by molar-refractivity contribution is 7.85. The summed E-state index contributed by atoms with van der Waals surface area (Å²) >= 11 is 0. The number of benzene rings is 2. The molecule has 0 radical (unpaired) electrons. The lowest BCUT2D eigenvalue weighted by molar-refractivity contribution is -0.441. The van der Waals surface area contributed by atoms with Crippen molar-refractivity contribution in [2.45, 2.75) is 77.0 Å². The van der Waals surface area contributed by atoms with E-state index >= 15 is 0 Å². The predicted octanol–water partition coefficient (Wildman–Crippen LogP) is 7.88. The van der Waals surface area contributed by atoms with E-state index in [4.69, 9.17) is 18.1 Å². The third-order valence-corrected chi connectivity index (χ3v) is 15.5. The molecule has 0 amide bonds. The van der Waals surface area contributed by atoms with Crippen molar-refractivity contribution in [1.29, 1.82) is 0 Å². The maximum absolute atomic E-state index is 13.6. The Balaban J connectivity index is 1.70. The lowest BCUT2D eigenvalue weighted by Crippen LogP contribution is -2.33. The Labute approximate surface area is 344 Å². The molecule has 0 aliphatic carbocycles. The van der Waals surface area contributed by atoms with Gasteiger partial charge in [0.05, 0.1) is 55.7 Å². The van der Waals surface area contributed by atoms with Crippen LogP contribution in [0.3, 0.4) is 0 Å². The first-order chi connectivity index (χ1) is 27.5. The summed E-state index contributed by atoms with van der Waals surface area (Å²) in [5.41, 5.74) is 4.45. The van der Waals surface area contributed by atoms with Gasteiger partial charge < -0.3 is 37.8 Å². The molecule has 2 heterocycles. The van der Waals surface area contributed by atoms with E-state index < -0.39 is 36.1 Å². The van der Waals surface area contributed by atoms with Crippen molar-refractivity contribution in [3.8, 4) is 0 Å². The highest BCUT2D eigenvalue weighted by Gasteiger charge is 2.49. The Morgan fingerprint density at radius 2 is 1.34 bits per heavy atom. The molecule has 2 atom stereocenters. The van der Waals surface area contributed by atoms with Crippen LogP contribution in [0.2, 0.25) is 0 Å². The number of rotatable bonds is 23. The zero-order valence-corrected chi connectivity index (χ0v) is 37.4. The molecule has 0 bridgehead atoms. The minimum Gasteiger partial charge on any atom is -0.744 e. The van der Waals surface area contributed by atoms with Crippen molar-refractivity contribution in [3.63, 3.8) is 0 Å². The van der Waals surface area contributed by atoms with Crippen LogP contribution in [0.15, 0.2) is 89.5 Å². The summed E-state index contributed by atoms with van der Waals surface area (Å²) in [6.07, 6.45) is 14.1. The number of allylic oxidation sites excluding steroid dienone is 8. The molecular formula is C42H60N2O11P2S. The van der Waals surface area contributed by atoms with Crippen LogP contribution in [0.5, 0.6) is 0 Å². The smallest absolute Gasteiger partial charge is 0.330 e. The van der Waals surface area contributed by atoms with Gasteiger partial charge in [-0.3, -0.25) is 9.13 Å². The highest BCUT2D eigenvalue weighted by Crippen LogP contribution is 2.56. The summed E-state index contributed by atoms with van der Waals surface area (Å²) in [7, 11) is -11.6. The molecule has 0 unspecified atom stereocenters. The molecule has 2 aliphatic heterocycles. The minimum atomic E-state index is -4.78. The average molecular weight is 863 g/mol. The van der Waals surface area contributed by atoms with E-state index in [1.54, 1.807) is 33.8 Å². The predicted molar refractivity (Wildman–Crippen MR) is 228 cm³/mol. The van der Waals surface area contributed by atoms with E-state index in [-0.39, 0.29) is 69.8 Å². The molecule has 2 aromatic carbocycles. The number of nitrogens with zero attached hydrogens (tertiary/aromatic N) is 2. The van der Waals surface area contributed by atoms with E-state index in [1.165, 1.54) is 12.1 Å². The van der Waals surface area contributed by atoms with Crippen LogP contribution in [0.25, 0.3) is 0 Å². The molecule has 2 N–H and O–H groups in total. The van der Waals surface area contributed by atoms with Crippen LogP contribution < -0.4 is 4.90 Å². The van der Waals surface area contributed by atoms with Gasteiger partial charge in [0.15, 0.2) is 12.3 Å². The second-order valence-corrected chi connectivity index (χ2v) is 20.2. The Bertz CT molecular complexity index is 2110. The first kappa shape index (κ1) is 47.7. The molecule has 4 rings (SSSR count). The maximum Gasteiger partial charge on any atom is 0.330 e. The molecule has 0 saturated heterocycles. The van der Waals surface area contributed by atoms with E-state index in [0.29, 0.717) is 29.9 Å².